The van der Waals surface area contributed by atoms with Crippen LogP contribution in [0.3, 0.4) is 0 Å². The van der Waals surface area contributed by atoms with Gasteiger partial charge in [-0.3, -0.25) is 0 Å². The van der Waals surface area contributed by atoms with Crippen LogP contribution >= 0.6 is 0 Å². The van der Waals surface area contributed by atoms with Gasteiger partial charge in [0.05, 0.1) is 6.54 Å². The molecule has 0 aliphatic carbocycles. The van der Waals surface area contributed by atoms with Crippen LogP contribution in [0, 0.1) is 10.3 Å². The molecule has 0 atom stereocenters. The monoisotopic (exact) mass is 115 g/mol. The number of hydrogen-bond acceptors (Lipinski definition) is 2. The summed E-state index contributed by atoms with van der Waals surface area (Å²) in [4.78, 5) is 9.60. The van der Waals surface area contributed by atoms with Crippen molar-refractivity contribution in [1.82, 2.24) is 0 Å². The molecule has 0 bridgehead atoms. The first-order valence-corrected chi connectivity index (χ1v) is 2.85. The molecule has 0 unspecified atom stereocenters. The second-order valence-electron chi connectivity index (χ2n) is 3.16. The van der Waals surface area contributed by atoms with Crippen molar-refractivity contribution in [3.05, 3.63) is 4.91 Å². The Morgan fingerprint density at radius 2 is 1.88 bits per heavy atom. The summed E-state index contributed by atoms with van der Waals surface area (Å²) in [6.07, 6.45) is 0.885. The van der Waals surface area contributed by atoms with Crippen molar-refractivity contribution in [1.29, 1.82) is 0 Å². The molecule has 0 aromatic heterocycles. The fraction of sp³-hybridized carbons (Fsp3) is 1.00. The number of rotatable bonds is 2. The van der Waals surface area contributed by atoms with Crippen molar-refractivity contribution < 1.29 is 0 Å². The van der Waals surface area contributed by atoms with Crippen LogP contribution in [0.15, 0.2) is 5.18 Å². The third kappa shape index (κ3) is 5.60. The molecule has 0 heterocycles. The predicted molar refractivity (Wildman–Crippen MR) is 34.7 cm³/mol. The van der Waals surface area contributed by atoms with Crippen LogP contribution in [-0.2, 0) is 0 Å². The maximum absolute atomic E-state index is 9.60. The molecule has 0 aliphatic rings. The fourth-order valence-electron chi connectivity index (χ4n) is 0.381. The van der Waals surface area contributed by atoms with E-state index in [1.807, 2.05) is 0 Å². The van der Waals surface area contributed by atoms with Crippen molar-refractivity contribution in [2.24, 2.45) is 10.6 Å². The molecule has 0 saturated carbocycles. The third-order valence-corrected chi connectivity index (χ3v) is 0.953. The molecular weight excluding hydrogens is 102 g/mol. The lowest BCUT2D eigenvalue weighted by Gasteiger charge is -2.14. The Morgan fingerprint density at radius 3 is 2.00 bits per heavy atom. The highest BCUT2D eigenvalue weighted by atomic mass is 16.3. The highest BCUT2D eigenvalue weighted by molar-refractivity contribution is 4.61. The first-order chi connectivity index (χ1) is 3.56. The first kappa shape index (κ1) is 7.60. The molecule has 0 rings (SSSR count). The van der Waals surface area contributed by atoms with Gasteiger partial charge in [0.2, 0.25) is 0 Å². The largest absolute Gasteiger partial charge is 0.151 e. The predicted octanol–water partition coefficient (Wildman–Crippen LogP) is 2.19. The molecular formula is C6H13NO. The second-order valence-corrected chi connectivity index (χ2v) is 3.16. The molecule has 0 fully saturated rings. The minimum atomic E-state index is 0.258. The molecule has 0 amide bonds. The minimum Gasteiger partial charge on any atom is -0.151 e. The summed E-state index contributed by atoms with van der Waals surface area (Å²) in [7, 11) is 0. The van der Waals surface area contributed by atoms with Gasteiger partial charge in [0.1, 0.15) is 0 Å². The highest BCUT2D eigenvalue weighted by Crippen LogP contribution is 2.17. The van der Waals surface area contributed by atoms with E-state index in [4.69, 9.17) is 0 Å². The van der Waals surface area contributed by atoms with Crippen molar-refractivity contribution in [2.45, 2.75) is 27.2 Å². The van der Waals surface area contributed by atoms with Gasteiger partial charge < -0.3 is 0 Å². The summed E-state index contributed by atoms with van der Waals surface area (Å²) in [5.41, 5.74) is 0.258. The average Bonchev–Trinajstić information content (AvgIpc) is 1.59. The number of nitrogens with zero attached hydrogens (tertiary/aromatic N) is 1. The maximum atomic E-state index is 9.60. The Balaban J connectivity index is 3.24. The normalized spacial score (nSPS) is 11.4. The van der Waals surface area contributed by atoms with Crippen molar-refractivity contribution in [3.63, 3.8) is 0 Å². The van der Waals surface area contributed by atoms with E-state index in [-0.39, 0.29) is 5.41 Å². The van der Waals surface area contributed by atoms with Gasteiger partial charge in [-0.15, -0.1) is 0 Å². The van der Waals surface area contributed by atoms with E-state index in [0.29, 0.717) is 6.54 Å². The van der Waals surface area contributed by atoms with Gasteiger partial charge in [0.25, 0.3) is 0 Å². The standard InChI is InChI=1S/C6H13NO/c1-6(2,3)4-5-7-8/h4-5H2,1-3H3. The van der Waals surface area contributed by atoms with Crippen LogP contribution in [0.1, 0.15) is 27.2 Å². The molecule has 8 heavy (non-hydrogen) atoms. The second kappa shape index (κ2) is 2.80. The van der Waals surface area contributed by atoms with E-state index >= 15 is 0 Å². The summed E-state index contributed by atoms with van der Waals surface area (Å²) in [5.74, 6) is 0. The van der Waals surface area contributed by atoms with Crippen LogP contribution in [0.25, 0.3) is 0 Å². The summed E-state index contributed by atoms with van der Waals surface area (Å²) < 4.78 is 0. The zero-order valence-electron chi connectivity index (χ0n) is 5.77. The van der Waals surface area contributed by atoms with Crippen LogP contribution in [-0.4, -0.2) is 6.54 Å². The third-order valence-electron chi connectivity index (χ3n) is 0.953. The van der Waals surface area contributed by atoms with Crippen LogP contribution in [0.4, 0.5) is 0 Å². The zero-order valence-corrected chi connectivity index (χ0v) is 5.77. The van der Waals surface area contributed by atoms with Gasteiger partial charge in [-0.1, -0.05) is 25.9 Å². The Morgan fingerprint density at radius 1 is 1.38 bits per heavy atom. The molecule has 2 heteroatoms. The van der Waals surface area contributed by atoms with Crippen LogP contribution in [0.5, 0.6) is 0 Å². The van der Waals surface area contributed by atoms with Crippen molar-refractivity contribution in [3.8, 4) is 0 Å². The minimum absolute atomic E-state index is 0.258. The molecule has 0 saturated heterocycles. The molecule has 0 aliphatic heterocycles. The SMILES string of the molecule is CC(C)(C)CCN=O. The fourth-order valence-corrected chi connectivity index (χ4v) is 0.381. The molecule has 0 aromatic rings. The smallest absolute Gasteiger partial charge is 0.0816 e. The Kier molecular flexibility index (Phi) is 2.66. The van der Waals surface area contributed by atoms with Gasteiger partial charge in [0.15, 0.2) is 0 Å². The lowest BCUT2D eigenvalue weighted by atomic mass is 9.93. The van der Waals surface area contributed by atoms with Gasteiger partial charge in [0, 0.05) is 0 Å². The van der Waals surface area contributed by atoms with E-state index in [1.54, 1.807) is 0 Å². The summed E-state index contributed by atoms with van der Waals surface area (Å²) >= 11 is 0. The Bertz CT molecular complexity index is 73.1. The van der Waals surface area contributed by atoms with E-state index in [2.05, 4.69) is 25.9 Å². The van der Waals surface area contributed by atoms with E-state index < -0.39 is 0 Å². The summed E-state index contributed by atoms with van der Waals surface area (Å²) in [6.45, 7) is 6.73. The van der Waals surface area contributed by atoms with Gasteiger partial charge in [-0.05, 0) is 11.8 Å². The molecule has 0 N–H and O–H groups in total. The molecule has 0 spiro atoms. The molecule has 48 valence electrons. The topological polar surface area (TPSA) is 29.4 Å². The van der Waals surface area contributed by atoms with Gasteiger partial charge in [-0.25, -0.2) is 0 Å². The average molecular weight is 115 g/mol. The molecule has 2 nitrogen and oxygen atoms in total. The van der Waals surface area contributed by atoms with E-state index in [1.165, 1.54) is 0 Å². The first-order valence-electron chi connectivity index (χ1n) is 2.85. The Labute approximate surface area is 50.3 Å². The molecule has 0 radical (unpaired) electrons. The zero-order chi connectivity index (χ0) is 6.62. The number of nitroso groups, excluding NO2 is 1. The lowest BCUT2D eigenvalue weighted by molar-refractivity contribution is 0.385. The van der Waals surface area contributed by atoms with Crippen LogP contribution in [0.2, 0.25) is 0 Å². The number of hydrogen-bond donors (Lipinski definition) is 0. The van der Waals surface area contributed by atoms with Gasteiger partial charge >= 0.3 is 0 Å². The maximum Gasteiger partial charge on any atom is 0.0816 e. The lowest BCUT2D eigenvalue weighted by Crippen LogP contribution is -2.05. The molecule has 0 aromatic carbocycles. The van der Waals surface area contributed by atoms with E-state index in [0.717, 1.165) is 6.42 Å². The summed E-state index contributed by atoms with van der Waals surface area (Å²) in [5, 5.41) is 2.77. The Hall–Kier alpha value is -0.400. The summed E-state index contributed by atoms with van der Waals surface area (Å²) in [6, 6.07) is 0. The quantitative estimate of drug-likeness (QED) is 0.507. The van der Waals surface area contributed by atoms with Crippen LogP contribution < -0.4 is 0 Å². The highest BCUT2D eigenvalue weighted by Gasteiger charge is 2.08. The van der Waals surface area contributed by atoms with Crippen molar-refractivity contribution >= 4 is 0 Å². The van der Waals surface area contributed by atoms with Crippen molar-refractivity contribution in [2.75, 3.05) is 6.54 Å². The van der Waals surface area contributed by atoms with Gasteiger partial charge in [-0.2, -0.15) is 4.91 Å². The van der Waals surface area contributed by atoms with E-state index in [9.17, 15) is 4.91 Å².